The van der Waals surface area contributed by atoms with Crippen molar-refractivity contribution in [3.8, 4) is 0 Å². The second kappa shape index (κ2) is 5.80. The first-order valence-corrected chi connectivity index (χ1v) is 7.25. The lowest BCUT2D eigenvalue weighted by Crippen LogP contribution is -2.05. The molecule has 0 atom stereocenters. The predicted molar refractivity (Wildman–Crippen MR) is 76.1 cm³/mol. The fourth-order valence-electron chi connectivity index (χ4n) is 1.31. The smallest absolute Gasteiger partial charge is 0.127 e. The van der Waals surface area contributed by atoms with E-state index in [1.54, 1.807) is 11.3 Å². The van der Waals surface area contributed by atoms with E-state index in [1.165, 1.54) is 8.66 Å². The zero-order chi connectivity index (χ0) is 11.4. The quantitative estimate of drug-likeness (QED) is 0.820. The molecule has 0 unspecified atom stereocenters. The summed E-state index contributed by atoms with van der Waals surface area (Å²) >= 11 is 8.58. The molecule has 0 aliphatic rings. The Balaban J connectivity index is 1.84. The lowest BCUT2D eigenvalue weighted by molar-refractivity contribution is 1.02. The zero-order valence-electron chi connectivity index (χ0n) is 8.41. The summed E-state index contributed by atoms with van der Waals surface area (Å²) in [4.78, 5) is 5.68. The van der Waals surface area contributed by atoms with Crippen LogP contribution in [0.3, 0.4) is 0 Å². The summed E-state index contributed by atoms with van der Waals surface area (Å²) in [6, 6.07) is 10.1. The second-order valence-corrected chi connectivity index (χ2v) is 6.59. The Morgan fingerprint density at radius 1 is 1.19 bits per heavy atom. The number of pyridine rings is 1. The normalized spacial score (nSPS) is 10.4. The van der Waals surface area contributed by atoms with E-state index in [4.69, 9.17) is 0 Å². The van der Waals surface area contributed by atoms with Crippen LogP contribution in [0.15, 0.2) is 38.7 Å². The van der Waals surface area contributed by atoms with Crippen molar-refractivity contribution in [2.24, 2.45) is 0 Å². The molecular formula is C11H10Br2N2S. The van der Waals surface area contributed by atoms with Gasteiger partial charge in [-0.3, -0.25) is 0 Å². The van der Waals surface area contributed by atoms with Crippen LogP contribution in [0.25, 0.3) is 0 Å². The molecule has 0 saturated carbocycles. The molecule has 5 heteroatoms. The number of nitrogens with one attached hydrogen (secondary N) is 1. The molecule has 16 heavy (non-hydrogen) atoms. The third kappa shape index (κ3) is 3.57. The average molecular weight is 362 g/mol. The maximum Gasteiger partial charge on any atom is 0.127 e. The summed E-state index contributed by atoms with van der Waals surface area (Å²) in [6.45, 7) is 0.899. The average Bonchev–Trinajstić information content (AvgIpc) is 2.64. The van der Waals surface area contributed by atoms with Gasteiger partial charge in [-0.2, -0.15) is 0 Å². The number of rotatable bonds is 4. The molecule has 0 amide bonds. The topological polar surface area (TPSA) is 24.9 Å². The van der Waals surface area contributed by atoms with Crippen molar-refractivity contribution in [1.29, 1.82) is 0 Å². The second-order valence-electron chi connectivity index (χ2n) is 3.23. The number of halogens is 2. The standard InChI is InChI=1S/C11H10Br2N2S/c12-9-2-1-3-11(15-9)14-7-6-8-4-5-10(13)16-8/h1-5H,6-7H2,(H,14,15). The molecule has 0 aromatic carbocycles. The number of hydrogen-bond donors (Lipinski definition) is 1. The van der Waals surface area contributed by atoms with E-state index in [0.29, 0.717) is 0 Å². The molecule has 0 aliphatic heterocycles. The molecule has 1 N–H and O–H groups in total. The van der Waals surface area contributed by atoms with Gasteiger partial charge in [-0.15, -0.1) is 11.3 Å². The highest BCUT2D eigenvalue weighted by Crippen LogP contribution is 2.22. The van der Waals surface area contributed by atoms with Gasteiger partial charge in [0.05, 0.1) is 3.79 Å². The number of hydrogen-bond acceptors (Lipinski definition) is 3. The number of thiophene rings is 1. The first-order chi connectivity index (χ1) is 7.74. The van der Waals surface area contributed by atoms with Crippen molar-refractivity contribution < 1.29 is 0 Å². The van der Waals surface area contributed by atoms with E-state index in [-0.39, 0.29) is 0 Å². The molecule has 2 rings (SSSR count). The van der Waals surface area contributed by atoms with Crippen molar-refractivity contribution in [1.82, 2.24) is 4.98 Å². The van der Waals surface area contributed by atoms with Crippen LogP contribution >= 0.6 is 43.2 Å². The van der Waals surface area contributed by atoms with Crippen LogP contribution in [-0.4, -0.2) is 11.5 Å². The number of nitrogens with zero attached hydrogens (tertiary/aromatic N) is 1. The highest BCUT2D eigenvalue weighted by Gasteiger charge is 1.98. The number of anilines is 1. The van der Waals surface area contributed by atoms with Gasteiger partial charge in [0.2, 0.25) is 0 Å². The van der Waals surface area contributed by atoms with Gasteiger partial charge in [-0.25, -0.2) is 4.98 Å². The van der Waals surface area contributed by atoms with Crippen LogP contribution < -0.4 is 5.32 Å². The fourth-order valence-corrected chi connectivity index (χ4v) is 3.13. The minimum absolute atomic E-state index is 0.858. The first kappa shape index (κ1) is 12.1. The molecule has 2 aromatic rings. The minimum atomic E-state index is 0.858. The Morgan fingerprint density at radius 3 is 2.75 bits per heavy atom. The monoisotopic (exact) mass is 360 g/mol. The Bertz CT molecular complexity index is 471. The van der Waals surface area contributed by atoms with E-state index in [2.05, 4.69) is 54.3 Å². The molecule has 2 heterocycles. The Morgan fingerprint density at radius 2 is 2.06 bits per heavy atom. The van der Waals surface area contributed by atoms with Crippen LogP contribution in [0.1, 0.15) is 4.88 Å². The summed E-state index contributed by atoms with van der Waals surface area (Å²) in [5, 5.41) is 3.29. The maximum absolute atomic E-state index is 4.31. The highest BCUT2D eigenvalue weighted by atomic mass is 79.9. The van der Waals surface area contributed by atoms with Crippen molar-refractivity contribution in [2.75, 3.05) is 11.9 Å². The fraction of sp³-hybridized carbons (Fsp3) is 0.182. The van der Waals surface area contributed by atoms with Gasteiger partial charge in [-0.1, -0.05) is 6.07 Å². The Hall–Kier alpha value is -0.390. The first-order valence-electron chi connectivity index (χ1n) is 4.85. The third-order valence-electron chi connectivity index (χ3n) is 2.02. The molecule has 0 fully saturated rings. The summed E-state index contributed by atoms with van der Waals surface area (Å²) in [5.74, 6) is 0.907. The van der Waals surface area contributed by atoms with Crippen molar-refractivity contribution in [3.05, 3.63) is 43.6 Å². The van der Waals surface area contributed by atoms with Crippen LogP contribution in [-0.2, 0) is 6.42 Å². The van der Waals surface area contributed by atoms with Gasteiger partial charge >= 0.3 is 0 Å². The molecule has 2 aromatic heterocycles. The number of aromatic nitrogens is 1. The third-order valence-corrected chi connectivity index (χ3v) is 4.15. The summed E-state index contributed by atoms with van der Waals surface area (Å²) < 4.78 is 2.04. The van der Waals surface area contributed by atoms with Gasteiger partial charge in [0.15, 0.2) is 0 Å². The van der Waals surface area contributed by atoms with Crippen molar-refractivity contribution in [3.63, 3.8) is 0 Å². The minimum Gasteiger partial charge on any atom is -0.370 e. The zero-order valence-corrected chi connectivity index (χ0v) is 12.4. The lowest BCUT2D eigenvalue weighted by atomic mass is 10.3. The molecular weight excluding hydrogens is 352 g/mol. The van der Waals surface area contributed by atoms with Gasteiger partial charge in [0.25, 0.3) is 0 Å². The van der Waals surface area contributed by atoms with Gasteiger partial charge in [0.1, 0.15) is 10.4 Å². The summed E-state index contributed by atoms with van der Waals surface area (Å²) in [7, 11) is 0. The van der Waals surface area contributed by atoms with Crippen LogP contribution in [0, 0.1) is 0 Å². The Labute approximate surface area is 115 Å². The van der Waals surface area contributed by atoms with Crippen LogP contribution in [0.4, 0.5) is 5.82 Å². The van der Waals surface area contributed by atoms with E-state index in [1.807, 2.05) is 18.2 Å². The SMILES string of the molecule is Brc1cccc(NCCc2ccc(Br)s2)n1. The van der Waals surface area contributed by atoms with Crippen LogP contribution in [0.5, 0.6) is 0 Å². The van der Waals surface area contributed by atoms with E-state index in [9.17, 15) is 0 Å². The summed E-state index contributed by atoms with van der Waals surface area (Å²) in [6.07, 6.45) is 1.02. The van der Waals surface area contributed by atoms with Gasteiger partial charge in [-0.05, 0) is 62.5 Å². The van der Waals surface area contributed by atoms with E-state index >= 15 is 0 Å². The molecule has 2 nitrogen and oxygen atoms in total. The maximum atomic E-state index is 4.31. The van der Waals surface area contributed by atoms with E-state index in [0.717, 1.165) is 23.4 Å². The van der Waals surface area contributed by atoms with Crippen molar-refractivity contribution in [2.45, 2.75) is 6.42 Å². The van der Waals surface area contributed by atoms with Crippen LogP contribution in [0.2, 0.25) is 0 Å². The molecule has 84 valence electrons. The highest BCUT2D eigenvalue weighted by molar-refractivity contribution is 9.11. The summed E-state index contributed by atoms with van der Waals surface area (Å²) in [5.41, 5.74) is 0. The van der Waals surface area contributed by atoms with E-state index < -0.39 is 0 Å². The molecule has 0 spiro atoms. The Kier molecular flexibility index (Phi) is 4.37. The molecule has 0 radical (unpaired) electrons. The molecule has 0 aliphatic carbocycles. The van der Waals surface area contributed by atoms with Gasteiger partial charge in [0, 0.05) is 11.4 Å². The lowest BCUT2D eigenvalue weighted by Gasteiger charge is -2.04. The van der Waals surface area contributed by atoms with Crippen molar-refractivity contribution >= 4 is 49.0 Å². The molecule has 0 saturated heterocycles. The molecule has 0 bridgehead atoms. The predicted octanol–water partition coefficient (Wildman–Crippen LogP) is 4.32. The van der Waals surface area contributed by atoms with Gasteiger partial charge < -0.3 is 5.32 Å². The largest absolute Gasteiger partial charge is 0.370 e.